The largest absolute Gasteiger partial charge is 0.475 e. The molecule has 0 saturated carbocycles. The Morgan fingerprint density at radius 3 is 2.95 bits per heavy atom. The molecule has 0 atom stereocenters. The van der Waals surface area contributed by atoms with Gasteiger partial charge in [-0.15, -0.1) is 0 Å². The average Bonchev–Trinajstić information content (AvgIpc) is 2.80. The first-order chi connectivity index (χ1) is 9.63. The highest BCUT2D eigenvalue weighted by molar-refractivity contribution is 9.10. The van der Waals surface area contributed by atoms with Gasteiger partial charge >= 0.3 is 0 Å². The smallest absolute Gasteiger partial charge is 0.214 e. The van der Waals surface area contributed by atoms with E-state index in [2.05, 4.69) is 31.0 Å². The molecule has 6 heteroatoms. The van der Waals surface area contributed by atoms with E-state index in [0.717, 1.165) is 21.4 Å². The van der Waals surface area contributed by atoms with Crippen LogP contribution >= 0.6 is 15.9 Å². The SMILES string of the molecule is CC(C)Oc1cc(-c2ccn3ncc(Br)c3n2)ccn1. The number of pyridine rings is 1. The zero-order valence-electron chi connectivity index (χ0n) is 11.1. The lowest BCUT2D eigenvalue weighted by Gasteiger charge is -2.09. The molecule has 5 nitrogen and oxygen atoms in total. The van der Waals surface area contributed by atoms with E-state index >= 15 is 0 Å². The molecule has 3 heterocycles. The lowest BCUT2D eigenvalue weighted by atomic mass is 10.2. The Hall–Kier alpha value is -1.95. The second-order valence-electron chi connectivity index (χ2n) is 4.62. The van der Waals surface area contributed by atoms with Crippen molar-refractivity contribution >= 4 is 21.6 Å². The summed E-state index contributed by atoms with van der Waals surface area (Å²) in [5.74, 6) is 0.603. The Kier molecular flexibility index (Phi) is 3.40. The second-order valence-corrected chi connectivity index (χ2v) is 5.48. The van der Waals surface area contributed by atoms with Crippen molar-refractivity contribution in [3.8, 4) is 17.1 Å². The van der Waals surface area contributed by atoms with Gasteiger partial charge in [-0.3, -0.25) is 0 Å². The standard InChI is InChI=1S/C14H13BrN4O/c1-9(2)20-13-7-10(3-5-16-13)12-4-6-19-14(18-12)11(15)8-17-19/h3-9H,1-2H3. The molecule has 0 N–H and O–H groups in total. The summed E-state index contributed by atoms with van der Waals surface area (Å²) >= 11 is 3.44. The first-order valence-corrected chi connectivity index (χ1v) is 7.06. The molecule has 3 aromatic rings. The maximum absolute atomic E-state index is 5.61. The van der Waals surface area contributed by atoms with Crippen molar-refractivity contribution in [3.63, 3.8) is 0 Å². The predicted octanol–water partition coefficient (Wildman–Crippen LogP) is 3.34. The van der Waals surface area contributed by atoms with E-state index in [9.17, 15) is 0 Å². The van der Waals surface area contributed by atoms with Gasteiger partial charge in [0.2, 0.25) is 5.88 Å². The maximum Gasteiger partial charge on any atom is 0.214 e. The maximum atomic E-state index is 5.61. The minimum atomic E-state index is 0.0946. The van der Waals surface area contributed by atoms with E-state index in [-0.39, 0.29) is 6.10 Å². The third-order valence-corrected chi connectivity index (χ3v) is 3.27. The van der Waals surface area contributed by atoms with Crippen LogP contribution in [0, 0.1) is 0 Å². The Bertz CT molecular complexity index is 754. The number of nitrogens with zero attached hydrogens (tertiary/aromatic N) is 4. The molecule has 0 bridgehead atoms. The van der Waals surface area contributed by atoms with Crippen LogP contribution in [0.2, 0.25) is 0 Å². The number of ether oxygens (including phenoxy) is 1. The molecule has 20 heavy (non-hydrogen) atoms. The minimum Gasteiger partial charge on any atom is -0.475 e. The fourth-order valence-corrected chi connectivity index (χ4v) is 2.24. The van der Waals surface area contributed by atoms with Gasteiger partial charge in [0, 0.05) is 24.0 Å². The van der Waals surface area contributed by atoms with E-state index in [1.165, 1.54) is 0 Å². The van der Waals surface area contributed by atoms with Crippen LogP contribution in [0.5, 0.6) is 5.88 Å². The molecule has 0 aliphatic heterocycles. The third kappa shape index (κ3) is 2.51. The summed E-state index contributed by atoms with van der Waals surface area (Å²) in [7, 11) is 0. The Balaban J connectivity index is 2.03. The van der Waals surface area contributed by atoms with Gasteiger partial charge in [-0.25, -0.2) is 14.5 Å². The minimum absolute atomic E-state index is 0.0946. The van der Waals surface area contributed by atoms with Crippen LogP contribution in [-0.4, -0.2) is 25.7 Å². The monoisotopic (exact) mass is 332 g/mol. The summed E-state index contributed by atoms with van der Waals surface area (Å²) < 4.78 is 8.20. The van der Waals surface area contributed by atoms with Crippen LogP contribution in [-0.2, 0) is 0 Å². The highest BCUT2D eigenvalue weighted by atomic mass is 79.9. The second kappa shape index (κ2) is 5.20. The summed E-state index contributed by atoms with van der Waals surface area (Å²) in [4.78, 5) is 8.79. The summed E-state index contributed by atoms with van der Waals surface area (Å²) in [6.07, 6.45) is 5.43. The van der Waals surface area contributed by atoms with E-state index in [0.29, 0.717) is 5.88 Å². The molecule has 0 unspecified atom stereocenters. The van der Waals surface area contributed by atoms with E-state index in [1.54, 1.807) is 16.9 Å². The molecular formula is C14H13BrN4O. The summed E-state index contributed by atoms with van der Waals surface area (Å²) in [5.41, 5.74) is 2.60. The van der Waals surface area contributed by atoms with Crippen LogP contribution in [0.4, 0.5) is 0 Å². The van der Waals surface area contributed by atoms with Crippen LogP contribution in [0.3, 0.4) is 0 Å². The molecule has 0 aromatic carbocycles. The van der Waals surface area contributed by atoms with Crippen molar-refractivity contribution in [1.29, 1.82) is 0 Å². The predicted molar refractivity (Wildman–Crippen MR) is 79.7 cm³/mol. The number of fused-ring (bicyclic) bond motifs is 1. The first-order valence-electron chi connectivity index (χ1n) is 6.26. The molecule has 0 spiro atoms. The van der Waals surface area contributed by atoms with E-state index < -0.39 is 0 Å². The number of hydrogen-bond acceptors (Lipinski definition) is 4. The highest BCUT2D eigenvalue weighted by Crippen LogP contribution is 2.23. The molecule has 102 valence electrons. The molecule has 0 saturated heterocycles. The Morgan fingerprint density at radius 1 is 1.30 bits per heavy atom. The molecular weight excluding hydrogens is 320 g/mol. The van der Waals surface area contributed by atoms with Crippen LogP contribution in [0.25, 0.3) is 16.9 Å². The number of aromatic nitrogens is 4. The van der Waals surface area contributed by atoms with Crippen LogP contribution in [0.1, 0.15) is 13.8 Å². The molecule has 0 amide bonds. The van der Waals surface area contributed by atoms with Crippen LogP contribution < -0.4 is 4.74 Å². The summed E-state index contributed by atoms with van der Waals surface area (Å²) in [5, 5.41) is 4.18. The van der Waals surface area contributed by atoms with Gasteiger partial charge in [0.1, 0.15) is 0 Å². The van der Waals surface area contributed by atoms with Crippen molar-refractivity contribution in [2.75, 3.05) is 0 Å². The van der Waals surface area contributed by atoms with Crippen molar-refractivity contribution in [2.45, 2.75) is 20.0 Å². The number of hydrogen-bond donors (Lipinski definition) is 0. The Labute approximate surface area is 124 Å². The van der Waals surface area contributed by atoms with Crippen molar-refractivity contribution in [3.05, 3.63) is 41.3 Å². The summed E-state index contributed by atoms with van der Waals surface area (Å²) in [6.45, 7) is 3.95. The number of rotatable bonds is 3. The molecule has 3 rings (SSSR count). The van der Waals surface area contributed by atoms with Gasteiger partial charge in [0.25, 0.3) is 0 Å². The van der Waals surface area contributed by atoms with Crippen molar-refractivity contribution in [1.82, 2.24) is 19.6 Å². The first kappa shape index (κ1) is 13.1. The fraction of sp³-hybridized carbons (Fsp3) is 0.214. The molecule has 0 radical (unpaired) electrons. The lowest BCUT2D eigenvalue weighted by Crippen LogP contribution is -2.06. The van der Waals surface area contributed by atoms with Gasteiger partial charge in [-0.2, -0.15) is 5.10 Å². The van der Waals surface area contributed by atoms with Gasteiger partial charge in [0.05, 0.1) is 22.5 Å². The van der Waals surface area contributed by atoms with E-state index in [1.807, 2.05) is 38.2 Å². The molecule has 0 aliphatic carbocycles. The van der Waals surface area contributed by atoms with E-state index in [4.69, 9.17) is 4.74 Å². The van der Waals surface area contributed by atoms with Crippen LogP contribution in [0.15, 0.2) is 41.3 Å². The van der Waals surface area contributed by atoms with Gasteiger partial charge < -0.3 is 4.74 Å². The zero-order chi connectivity index (χ0) is 14.1. The quantitative estimate of drug-likeness (QED) is 0.738. The fourth-order valence-electron chi connectivity index (χ4n) is 1.88. The topological polar surface area (TPSA) is 52.3 Å². The lowest BCUT2D eigenvalue weighted by molar-refractivity contribution is 0.233. The molecule has 0 fully saturated rings. The van der Waals surface area contributed by atoms with Crippen molar-refractivity contribution < 1.29 is 4.74 Å². The Morgan fingerprint density at radius 2 is 2.15 bits per heavy atom. The van der Waals surface area contributed by atoms with Crippen molar-refractivity contribution in [2.24, 2.45) is 0 Å². The molecule has 3 aromatic heterocycles. The summed E-state index contributed by atoms with van der Waals surface area (Å²) in [6, 6.07) is 5.72. The molecule has 0 aliphatic rings. The van der Waals surface area contributed by atoms with Gasteiger partial charge in [-0.1, -0.05) is 0 Å². The zero-order valence-corrected chi connectivity index (χ0v) is 12.7. The number of halogens is 1. The van der Waals surface area contributed by atoms with Gasteiger partial charge in [0.15, 0.2) is 5.65 Å². The average molecular weight is 333 g/mol. The highest BCUT2D eigenvalue weighted by Gasteiger charge is 2.07. The third-order valence-electron chi connectivity index (χ3n) is 2.71. The normalized spacial score (nSPS) is 11.2. The van der Waals surface area contributed by atoms with Gasteiger partial charge in [-0.05, 0) is 41.9 Å².